The van der Waals surface area contributed by atoms with Gasteiger partial charge in [-0.15, -0.1) is 0 Å². The predicted molar refractivity (Wildman–Crippen MR) is 73.6 cm³/mol. The molecule has 3 heterocycles. The van der Waals surface area contributed by atoms with E-state index < -0.39 is 0 Å². The van der Waals surface area contributed by atoms with Crippen molar-refractivity contribution in [1.82, 2.24) is 19.9 Å². The lowest BCUT2D eigenvalue weighted by Gasteiger charge is -2.02. The largest absolute Gasteiger partial charge is 0.265 e. The number of aromatic nitrogens is 4. The van der Waals surface area contributed by atoms with Gasteiger partial charge >= 0.3 is 0 Å². The van der Waals surface area contributed by atoms with Gasteiger partial charge in [-0.2, -0.15) is 0 Å². The summed E-state index contributed by atoms with van der Waals surface area (Å²) in [5, 5.41) is 0.723. The fraction of sp³-hybridized carbons (Fsp3) is 0. The first kappa shape index (κ1) is 11.8. The molecule has 0 unspecified atom stereocenters. The molecule has 19 heavy (non-hydrogen) atoms. The van der Waals surface area contributed by atoms with Gasteiger partial charge in [0.1, 0.15) is 0 Å². The molecule has 0 saturated carbocycles. The Kier molecular flexibility index (Phi) is 3.47. The summed E-state index contributed by atoms with van der Waals surface area (Å²) in [4.78, 5) is 17.8. The van der Waals surface area contributed by atoms with Crippen LogP contribution in [0.2, 0.25) is 0 Å². The first-order valence-corrected chi connectivity index (χ1v) is 6.55. The van der Waals surface area contributed by atoms with Crippen molar-refractivity contribution in [1.29, 1.82) is 0 Å². The van der Waals surface area contributed by atoms with E-state index in [1.165, 1.54) is 11.8 Å². The number of rotatable bonds is 3. The van der Waals surface area contributed by atoms with E-state index in [0.717, 1.165) is 21.3 Å². The monoisotopic (exact) mass is 266 g/mol. The Morgan fingerprint density at radius 3 is 2.26 bits per heavy atom. The predicted octanol–water partition coefficient (Wildman–Crippen LogP) is 3.08. The van der Waals surface area contributed by atoms with Crippen LogP contribution in [-0.2, 0) is 0 Å². The van der Waals surface area contributed by atoms with E-state index in [9.17, 15) is 0 Å². The van der Waals surface area contributed by atoms with Crippen molar-refractivity contribution in [2.45, 2.75) is 10.1 Å². The molecule has 0 radical (unpaired) electrons. The Morgan fingerprint density at radius 2 is 1.58 bits per heavy atom. The van der Waals surface area contributed by atoms with Gasteiger partial charge in [-0.3, -0.25) is 9.97 Å². The molecule has 0 spiro atoms. The summed E-state index contributed by atoms with van der Waals surface area (Å²) in [6.45, 7) is 0. The fourth-order valence-corrected chi connectivity index (χ4v) is 2.26. The molecule has 3 aromatic rings. The van der Waals surface area contributed by atoms with Crippen LogP contribution < -0.4 is 0 Å². The summed E-state index contributed by atoms with van der Waals surface area (Å²) >= 11 is 1.49. The van der Waals surface area contributed by atoms with Crippen LogP contribution in [0.5, 0.6) is 0 Å². The third-order valence-electron chi connectivity index (χ3n) is 2.46. The van der Waals surface area contributed by atoms with Gasteiger partial charge < -0.3 is 0 Å². The second kappa shape index (κ2) is 5.58. The molecule has 3 aromatic heterocycles. The first-order valence-electron chi connectivity index (χ1n) is 5.73. The van der Waals surface area contributed by atoms with Gasteiger partial charge in [0.25, 0.3) is 0 Å². The summed E-state index contributed by atoms with van der Waals surface area (Å²) < 4.78 is 0. The molecule has 0 fully saturated rings. The van der Waals surface area contributed by atoms with E-state index in [-0.39, 0.29) is 0 Å². The van der Waals surface area contributed by atoms with E-state index in [4.69, 9.17) is 0 Å². The molecule has 0 aromatic carbocycles. The minimum absolute atomic E-state index is 0.723. The zero-order valence-electron chi connectivity index (χ0n) is 9.97. The van der Waals surface area contributed by atoms with Crippen molar-refractivity contribution < 1.29 is 0 Å². The third kappa shape index (κ3) is 2.95. The SMILES string of the molecule is c1cnc(Sc2ccc(-c3ccncc3)nc2)nc1. The van der Waals surface area contributed by atoms with Crippen molar-refractivity contribution >= 4 is 11.8 Å². The molecule has 3 rings (SSSR count). The van der Waals surface area contributed by atoms with Crippen molar-refractivity contribution in [2.24, 2.45) is 0 Å². The quantitative estimate of drug-likeness (QED) is 0.682. The topological polar surface area (TPSA) is 51.6 Å². The second-order valence-corrected chi connectivity index (χ2v) is 4.79. The minimum Gasteiger partial charge on any atom is -0.265 e. The molecule has 0 atom stereocenters. The average Bonchev–Trinajstić information content (AvgIpc) is 2.50. The lowest BCUT2D eigenvalue weighted by molar-refractivity contribution is 0.966. The molecule has 0 amide bonds. The van der Waals surface area contributed by atoms with Gasteiger partial charge in [-0.25, -0.2) is 9.97 Å². The minimum atomic E-state index is 0.723. The van der Waals surface area contributed by atoms with Crippen molar-refractivity contribution in [3.8, 4) is 11.3 Å². The normalized spacial score (nSPS) is 10.3. The average molecular weight is 266 g/mol. The Bertz CT molecular complexity index is 641. The van der Waals surface area contributed by atoms with E-state index in [1.54, 1.807) is 30.9 Å². The zero-order valence-corrected chi connectivity index (χ0v) is 10.8. The smallest absolute Gasteiger partial charge is 0.192 e. The van der Waals surface area contributed by atoms with Crippen molar-refractivity contribution in [3.63, 3.8) is 0 Å². The second-order valence-electron chi connectivity index (χ2n) is 3.75. The molecule has 0 bridgehead atoms. The lowest BCUT2D eigenvalue weighted by atomic mass is 10.2. The summed E-state index contributed by atoms with van der Waals surface area (Å²) in [5.74, 6) is 0. The van der Waals surface area contributed by atoms with Gasteiger partial charge in [0.2, 0.25) is 0 Å². The maximum absolute atomic E-state index is 4.44. The third-order valence-corrected chi connectivity index (χ3v) is 3.33. The van der Waals surface area contributed by atoms with Gasteiger partial charge in [0.15, 0.2) is 5.16 Å². The fourth-order valence-electron chi connectivity index (χ4n) is 1.58. The number of hydrogen-bond donors (Lipinski definition) is 0. The standard InChI is InChI=1S/C14H10N4S/c1-6-16-14(17-7-1)19-12-2-3-13(18-10-12)11-4-8-15-9-5-11/h1-10H. The highest BCUT2D eigenvalue weighted by atomic mass is 32.2. The number of nitrogens with zero attached hydrogens (tertiary/aromatic N) is 4. The van der Waals surface area contributed by atoms with E-state index in [1.807, 2.05) is 30.5 Å². The van der Waals surface area contributed by atoms with Crippen LogP contribution in [0.15, 0.2) is 71.4 Å². The summed E-state index contributed by atoms with van der Waals surface area (Å²) in [5.41, 5.74) is 1.99. The molecule has 92 valence electrons. The van der Waals surface area contributed by atoms with Crippen LogP contribution in [0.4, 0.5) is 0 Å². The van der Waals surface area contributed by atoms with Crippen LogP contribution in [0.25, 0.3) is 11.3 Å². The number of pyridine rings is 2. The number of hydrogen-bond acceptors (Lipinski definition) is 5. The van der Waals surface area contributed by atoms with Crippen LogP contribution >= 0.6 is 11.8 Å². The summed E-state index contributed by atoms with van der Waals surface area (Å²) in [6.07, 6.45) is 8.81. The molecule has 5 heteroatoms. The Morgan fingerprint density at radius 1 is 0.789 bits per heavy atom. The van der Waals surface area contributed by atoms with E-state index in [2.05, 4.69) is 19.9 Å². The highest BCUT2D eigenvalue weighted by molar-refractivity contribution is 7.99. The Hall–Kier alpha value is -2.27. The Labute approximate surface area is 115 Å². The van der Waals surface area contributed by atoms with Crippen molar-refractivity contribution in [2.75, 3.05) is 0 Å². The van der Waals surface area contributed by atoms with E-state index >= 15 is 0 Å². The molecule has 0 N–H and O–H groups in total. The van der Waals surface area contributed by atoms with Gasteiger partial charge in [-0.05, 0) is 42.1 Å². The van der Waals surface area contributed by atoms with Crippen LogP contribution in [0.1, 0.15) is 0 Å². The zero-order chi connectivity index (χ0) is 12.9. The molecule has 0 saturated heterocycles. The van der Waals surface area contributed by atoms with Crippen molar-refractivity contribution in [3.05, 3.63) is 61.3 Å². The first-order chi connectivity index (χ1) is 9.42. The molecular formula is C14H10N4S. The molecule has 4 nitrogen and oxygen atoms in total. The van der Waals surface area contributed by atoms with Crippen LogP contribution in [0, 0.1) is 0 Å². The molecule has 0 aliphatic carbocycles. The van der Waals surface area contributed by atoms with Crippen LogP contribution in [0.3, 0.4) is 0 Å². The lowest BCUT2D eigenvalue weighted by Crippen LogP contribution is -1.86. The molecule has 0 aliphatic rings. The maximum atomic E-state index is 4.44. The van der Waals surface area contributed by atoms with Gasteiger partial charge in [0.05, 0.1) is 5.69 Å². The highest BCUT2D eigenvalue weighted by Crippen LogP contribution is 2.25. The molecule has 0 aliphatic heterocycles. The van der Waals surface area contributed by atoms with Gasteiger partial charge in [-0.1, -0.05) is 0 Å². The summed E-state index contributed by atoms with van der Waals surface area (Å²) in [6, 6.07) is 9.68. The highest BCUT2D eigenvalue weighted by Gasteiger charge is 2.02. The Balaban J connectivity index is 1.80. The van der Waals surface area contributed by atoms with Gasteiger partial charge in [0, 0.05) is 41.4 Å². The van der Waals surface area contributed by atoms with Crippen LogP contribution in [-0.4, -0.2) is 19.9 Å². The van der Waals surface area contributed by atoms with E-state index in [0.29, 0.717) is 0 Å². The molecular weight excluding hydrogens is 256 g/mol. The summed E-state index contributed by atoms with van der Waals surface area (Å²) in [7, 11) is 0. The maximum Gasteiger partial charge on any atom is 0.192 e.